The first-order valence-corrected chi connectivity index (χ1v) is 8.49. The predicted octanol–water partition coefficient (Wildman–Crippen LogP) is 4.38. The topological polar surface area (TPSA) is 42.1 Å². The molecule has 2 N–H and O–H groups in total. The normalized spacial score (nSPS) is 23.3. The van der Waals surface area contributed by atoms with Crippen molar-refractivity contribution in [3.63, 3.8) is 0 Å². The number of aromatic nitrogens is 1. The van der Waals surface area contributed by atoms with Crippen molar-refractivity contribution in [2.24, 2.45) is 11.8 Å². The van der Waals surface area contributed by atoms with Crippen LogP contribution in [0.3, 0.4) is 0 Å². The average molecular weight is 318 g/mol. The Morgan fingerprint density at radius 3 is 2.32 bits per heavy atom. The number of anilines is 1. The molecule has 2 atom stereocenters. The van der Waals surface area contributed by atoms with E-state index in [-0.39, 0.29) is 7.43 Å². The summed E-state index contributed by atoms with van der Waals surface area (Å²) in [6, 6.07) is 10.1. The third-order valence-corrected chi connectivity index (χ3v) is 5.37. The van der Waals surface area contributed by atoms with E-state index in [0.29, 0.717) is 5.13 Å². The molecule has 2 fully saturated rings. The van der Waals surface area contributed by atoms with Gasteiger partial charge in [-0.05, 0) is 37.3 Å². The largest absolute Gasteiger partial charge is 0.375 e. The summed E-state index contributed by atoms with van der Waals surface area (Å²) >= 11 is 1.51. The van der Waals surface area contributed by atoms with Gasteiger partial charge in [-0.2, -0.15) is 0 Å². The van der Waals surface area contributed by atoms with Gasteiger partial charge in [0, 0.05) is 19.3 Å². The maximum Gasteiger partial charge on any atom is 0.180 e. The third kappa shape index (κ3) is 4.08. The van der Waals surface area contributed by atoms with Crippen molar-refractivity contribution < 1.29 is 0 Å². The molecule has 1 saturated carbocycles. The molecule has 3 nitrogen and oxygen atoms in total. The second kappa shape index (κ2) is 7.75. The summed E-state index contributed by atoms with van der Waals surface area (Å²) in [4.78, 5) is 7.59. The average Bonchev–Trinajstić information content (AvgIpc) is 3.16. The molecule has 1 saturated heterocycles. The van der Waals surface area contributed by atoms with Crippen LogP contribution in [0.5, 0.6) is 0 Å². The molecule has 1 aromatic carbocycles. The molecular formula is C18H27N3S. The Balaban J connectivity index is 0.000000159. The lowest BCUT2D eigenvalue weighted by atomic mass is 10.0. The van der Waals surface area contributed by atoms with E-state index in [9.17, 15) is 0 Å². The fraction of sp³-hybridized carbons (Fsp3) is 0.500. The van der Waals surface area contributed by atoms with Crippen LogP contribution in [0, 0.1) is 11.8 Å². The van der Waals surface area contributed by atoms with Crippen molar-refractivity contribution in [2.75, 3.05) is 25.9 Å². The van der Waals surface area contributed by atoms with Crippen LogP contribution in [0.2, 0.25) is 0 Å². The van der Waals surface area contributed by atoms with E-state index >= 15 is 0 Å². The fourth-order valence-electron chi connectivity index (χ4n) is 3.49. The summed E-state index contributed by atoms with van der Waals surface area (Å²) in [5.41, 5.74) is 6.70. The van der Waals surface area contributed by atoms with Gasteiger partial charge in [-0.25, -0.2) is 4.98 Å². The standard InChI is InChI=1S/C9H8N2S.C8H15N.CH4/c10-9-11-6-8(12-9)7-4-2-1-3-5-7;1-9-5-7-3-2-4-8(7)6-9;/h1-6H,(H2,10,11);7-8H,2-6H2,1H3;1H4. The molecule has 0 spiro atoms. The molecule has 0 radical (unpaired) electrons. The van der Waals surface area contributed by atoms with Crippen LogP contribution < -0.4 is 5.73 Å². The molecule has 1 aliphatic carbocycles. The van der Waals surface area contributed by atoms with Gasteiger partial charge in [-0.3, -0.25) is 0 Å². The highest BCUT2D eigenvalue weighted by Crippen LogP contribution is 2.36. The van der Waals surface area contributed by atoms with Gasteiger partial charge in [-0.1, -0.05) is 55.5 Å². The molecule has 2 heterocycles. The van der Waals surface area contributed by atoms with Crippen LogP contribution in [0.4, 0.5) is 5.13 Å². The van der Waals surface area contributed by atoms with Gasteiger partial charge in [0.05, 0.1) is 4.88 Å². The Hall–Kier alpha value is -1.39. The highest BCUT2D eigenvalue weighted by atomic mass is 32.1. The minimum atomic E-state index is 0. The first kappa shape index (κ1) is 17.0. The molecule has 1 aromatic heterocycles. The van der Waals surface area contributed by atoms with Crippen LogP contribution >= 0.6 is 11.3 Å². The molecule has 2 aliphatic rings. The quantitative estimate of drug-likeness (QED) is 0.849. The van der Waals surface area contributed by atoms with Crippen LogP contribution in [0.1, 0.15) is 26.7 Å². The molecule has 4 heteroatoms. The van der Waals surface area contributed by atoms with Crippen LogP contribution in [0.25, 0.3) is 10.4 Å². The molecule has 120 valence electrons. The van der Waals surface area contributed by atoms with Crippen LogP contribution in [-0.4, -0.2) is 30.0 Å². The summed E-state index contributed by atoms with van der Waals surface area (Å²) in [6.07, 6.45) is 6.32. The van der Waals surface area contributed by atoms with Crippen LogP contribution in [-0.2, 0) is 0 Å². The molecule has 2 aromatic rings. The third-order valence-electron chi connectivity index (χ3n) is 4.49. The number of benzene rings is 1. The van der Waals surface area contributed by atoms with Crippen molar-refractivity contribution in [1.82, 2.24) is 9.88 Å². The number of rotatable bonds is 1. The number of nitrogen functional groups attached to an aromatic ring is 1. The van der Waals surface area contributed by atoms with E-state index in [4.69, 9.17) is 5.73 Å². The number of hydrogen-bond donors (Lipinski definition) is 1. The highest BCUT2D eigenvalue weighted by Gasteiger charge is 2.33. The lowest BCUT2D eigenvalue weighted by Gasteiger charge is -2.06. The Morgan fingerprint density at radius 2 is 1.77 bits per heavy atom. The van der Waals surface area contributed by atoms with E-state index in [1.807, 2.05) is 30.3 Å². The van der Waals surface area contributed by atoms with E-state index in [1.165, 1.54) is 49.3 Å². The van der Waals surface area contributed by atoms with E-state index in [0.717, 1.165) is 16.7 Å². The molecule has 0 amide bonds. The van der Waals surface area contributed by atoms with Gasteiger partial charge >= 0.3 is 0 Å². The van der Waals surface area contributed by atoms with E-state index < -0.39 is 0 Å². The van der Waals surface area contributed by atoms with Gasteiger partial charge in [0.25, 0.3) is 0 Å². The SMILES string of the molecule is C.CN1CC2CCCC2C1.Nc1ncc(-c2ccccc2)s1. The molecule has 22 heavy (non-hydrogen) atoms. The summed E-state index contributed by atoms with van der Waals surface area (Å²) in [5.74, 6) is 2.16. The lowest BCUT2D eigenvalue weighted by Crippen LogP contribution is -2.14. The lowest BCUT2D eigenvalue weighted by molar-refractivity contribution is 0.379. The number of thiazole rings is 1. The van der Waals surface area contributed by atoms with Gasteiger partial charge in [-0.15, -0.1) is 0 Å². The smallest absolute Gasteiger partial charge is 0.180 e. The summed E-state index contributed by atoms with van der Waals surface area (Å²) in [7, 11) is 2.25. The highest BCUT2D eigenvalue weighted by molar-refractivity contribution is 7.18. The predicted molar refractivity (Wildman–Crippen MR) is 97.0 cm³/mol. The molecular weight excluding hydrogens is 290 g/mol. The molecule has 1 aliphatic heterocycles. The maximum atomic E-state index is 5.52. The first-order valence-electron chi connectivity index (χ1n) is 7.67. The van der Waals surface area contributed by atoms with Crippen molar-refractivity contribution in [3.05, 3.63) is 36.5 Å². The minimum Gasteiger partial charge on any atom is -0.375 e. The van der Waals surface area contributed by atoms with Crippen molar-refractivity contribution in [3.8, 4) is 10.4 Å². The van der Waals surface area contributed by atoms with Gasteiger partial charge in [0.15, 0.2) is 5.13 Å². The van der Waals surface area contributed by atoms with Crippen LogP contribution in [0.15, 0.2) is 36.5 Å². The molecule has 0 bridgehead atoms. The Morgan fingerprint density at radius 1 is 1.14 bits per heavy atom. The second-order valence-electron chi connectivity index (χ2n) is 6.10. The number of nitrogens with zero attached hydrogens (tertiary/aromatic N) is 2. The molecule has 2 unspecified atom stereocenters. The number of hydrogen-bond acceptors (Lipinski definition) is 4. The van der Waals surface area contributed by atoms with Crippen molar-refractivity contribution in [2.45, 2.75) is 26.7 Å². The number of fused-ring (bicyclic) bond motifs is 1. The van der Waals surface area contributed by atoms with E-state index in [2.05, 4.69) is 16.9 Å². The fourth-order valence-corrected chi connectivity index (χ4v) is 4.18. The summed E-state index contributed by atoms with van der Waals surface area (Å²) < 4.78 is 0. The number of nitrogens with two attached hydrogens (primary N) is 1. The van der Waals surface area contributed by atoms with Crippen molar-refractivity contribution in [1.29, 1.82) is 0 Å². The van der Waals surface area contributed by atoms with Gasteiger partial charge in [0.1, 0.15) is 0 Å². The zero-order chi connectivity index (χ0) is 14.7. The minimum absolute atomic E-state index is 0. The Kier molecular flexibility index (Phi) is 5.98. The van der Waals surface area contributed by atoms with Crippen molar-refractivity contribution >= 4 is 16.5 Å². The Labute approximate surface area is 138 Å². The Bertz CT molecular complexity index is 555. The van der Waals surface area contributed by atoms with E-state index in [1.54, 1.807) is 6.20 Å². The molecule has 4 rings (SSSR count). The summed E-state index contributed by atoms with van der Waals surface area (Å²) in [5, 5.41) is 0.619. The van der Waals surface area contributed by atoms with Gasteiger partial charge < -0.3 is 10.6 Å². The van der Waals surface area contributed by atoms with Gasteiger partial charge in [0.2, 0.25) is 0 Å². The second-order valence-corrected chi connectivity index (χ2v) is 7.16. The summed E-state index contributed by atoms with van der Waals surface area (Å²) in [6.45, 7) is 2.76. The zero-order valence-electron chi connectivity index (χ0n) is 12.5. The number of likely N-dealkylation sites (tertiary alicyclic amines) is 1. The first-order chi connectivity index (χ1) is 10.2. The monoisotopic (exact) mass is 317 g/mol. The maximum absolute atomic E-state index is 5.52. The zero-order valence-corrected chi connectivity index (χ0v) is 13.4.